The number of halogens is 1. The van der Waals surface area contributed by atoms with Crippen molar-refractivity contribution < 1.29 is 23.9 Å². The molecule has 1 aliphatic heterocycles. The highest BCUT2D eigenvalue weighted by atomic mass is 35.5. The van der Waals surface area contributed by atoms with E-state index in [-0.39, 0.29) is 30.5 Å². The Morgan fingerprint density at radius 2 is 1.67 bits per heavy atom. The van der Waals surface area contributed by atoms with Crippen LogP contribution in [-0.4, -0.2) is 37.5 Å². The van der Waals surface area contributed by atoms with E-state index in [9.17, 15) is 14.4 Å². The summed E-state index contributed by atoms with van der Waals surface area (Å²) >= 11 is 6.10. The van der Waals surface area contributed by atoms with E-state index in [2.05, 4.69) is 0 Å². The molecule has 0 aliphatic carbocycles. The van der Waals surface area contributed by atoms with E-state index in [4.69, 9.17) is 21.1 Å². The van der Waals surface area contributed by atoms with Crippen LogP contribution in [0.4, 0.5) is 11.4 Å². The summed E-state index contributed by atoms with van der Waals surface area (Å²) in [6, 6.07) is 20.9. The minimum Gasteiger partial charge on any atom is -0.497 e. The average Bonchev–Trinajstić information content (AvgIpc) is 2.88. The summed E-state index contributed by atoms with van der Waals surface area (Å²) in [6.45, 7) is 2.83. The molecule has 2 amide bonds. The molecule has 3 aromatic carbocycles. The number of carbonyl (C=O) groups is 3. The van der Waals surface area contributed by atoms with Crippen molar-refractivity contribution in [1.82, 2.24) is 0 Å². The summed E-state index contributed by atoms with van der Waals surface area (Å²) < 4.78 is 10.3. The molecule has 0 fully saturated rings. The van der Waals surface area contributed by atoms with Crippen molar-refractivity contribution >= 4 is 40.8 Å². The molecule has 36 heavy (non-hydrogen) atoms. The van der Waals surface area contributed by atoms with Crippen LogP contribution in [0.1, 0.15) is 42.2 Å². The lowest BCUT2D eigenvalue weighted by molar-refractivity contribution is -0.145. The molecular weight excluding hydrogens is 480 g/mol. The molecule has 4 rings (SSSR count). The molecule has 1 heterocycles. The van der Waals surface area contributed by atoms with E-state index < -0.39 is 5.97 Å². The quantitative estimate of drug-likeness (QED) is 0.417. The zero-order valence-corrected chi connectivity index (χ0v) is 21.1. The smallest absolute Gasteiger partial charge is 0.303 e. The molecule has 0 radical (unpaired) electrons. The predicted molar refractivity (Wildman–Crippen MR) is 139 cm³/mol. The monoisotopic (exact) mass is 506 g/mol. The number of esters is 1. The average molecular weight is 507 g/mol. The highest BCUT2D eigenvalue weighted by Crippen LogP contribution is 2.43. The summed E-state index contributed by atoms with van der Waals surface area (Å²) in [5.74, 6) is -0.369. The molecular formula is C28H27ClN2O5. The van der Waals surface area contributed by atoms with Gasteiger partial charge in [0, 0.05) is 34.9 Å². The van der Waals surface area contributed by atoms with Gasteiger partial charge in [0.05, 0.1) is 13.2 Å². The minimum absolute atomic E-state index is 0.139. The Balaban J connectivity index is 1.75. The third kappa shape index (κ3) is 5.21. The minimum atomic E-state index is -0.534. The summed E-state index contributed by atoms with van der Waals surface area (Å²) in [4.78, 5) is 41.8. The first-order valence-electron chi connectivity index (χ1n) is 11.6. The van der Waals surface area contributed by atoms with Crippen LogP contribution < -0.4 is 14.5 Å². The van der Waals surface area contributed by atoms with Gasteiger partial charge in [-0.1, -0.05) is 29.8 Å². The molecule has 3 aromatic rings. The van der Waals surface area contributed by atoms with Gasteiger partial charge in [-0.25, -0.2) is 0 Å². The molecule has 0 saturated carbocycles. The van der Waals surface area contributed by atoms with Crippen LogP contribution in [0, 0.1) is 0 Å². The lowest BCUT2D eigenvalue weighted by atomic mass is 9.89. The van der Waals surface area contributed by atoms with Gasteiger partial charge in [0.2, 0.25) is 0 Å². The van der Waals surface area contributed by atoms with Gasteiger partial charge in [-0.05, 0) is 73.5 Å². The number of methoxy groups -OCH3 is 1. The largest absolute Gasteiger partial charge is 0.497 e. The lowest BCUT2D eigenvalue weighted by Gasteiger charge is -2.43. The van der Waals surface area contributed by atoms with Crippen molar-refractivity contribution in [3.8, 4) is 5.75 Å². The number of benzene rings is 3. The number of ether oxygens (including phenoxy) is 2. The molecule has 0 saturated heterocycles. The first kappa shape index (κ1) is 25.3. The number of nitrogens with zero attached hydrogens (tertiary/aromatic N) is 2. The number of anilines is 2. The fourth-order valence-electron chi connectivity index (χ4n) is 4.54. The summed E-state index contributed by atoms with van der Waals surface area (Å²) in [5.41, 5.74) is 2.71. The number of carbonyl (C=O) groups excluding carboxylic acids is 3. The Morgan fingerprint density at radius 3 is 2.31 bits per heavy atom. The first-order valence-corrected chi connectivity index (χ1v) is 12.0. The second-order valence-corrected chi connectivity index (χ2v) is 9.02. The summed E-state index contributed by atoms with van der Waals surface area (Å²) in [6.07, 6.45) is 0.480. The molecule has 2 unspecified atom stereocenters. The fraction of sp³-hybridized carbons (Fsp3) is 0.250. The standard InChI is InChI=1S/C28H27ClN2O5/c1-18-16-26(31(27(33)17-36-19(2)32)22-12-10-21(29)11-13-22)24-6-4-5-7-25(24)30(18)28(34)20-8-14-23(35-3)15-9-20/h4-15,18,26H,16-17H2,1-3H3. The fourth-order valence-corrected chi connectivity index (χ4v) is 4.67. The second kappa shape index (κ2) is 10.8. The Kier molecular flexibility index (Phi) is 7.60. The number of hydrogen-bond acceptors (Lipinski definition) is 5. The maximum absolute atomic E-state index is 13.6. The molecule has 1 aliphatic rings. The number of hydrogen-bond donors (Lipinski definition) is 0. The number of rotatable bonds is 6. The third-order valence-electron chi connectivity index (χ3n) is 6.20. The van der Waals surface area contributed by atoms with Crippen LogP contribution in [0.3, 0.4) is 0 Å². The zero-order chi connectivity index (χ0) is 25.8. The topological polar surface area (TPSA) is 76.2 Å². The summed E-state index contributed by atoms with van der Waals surface area (Å²) in [5, 5.41) is 0.541. The molecule has 0 N–H and O–H groups in total. The van der Waals surface area contributed by atoms with Crippen LogP contribution in [0.25, 0.3) is 0 Å². The van der Waals surface area contributed by atoms with E-state index in [1.54, 1.807) is 65.4 Å². The van der Waals surface area contributed by atoms with Crippen molar-refractivity contribution in [2.75, 3.05) is 23.5 Å². The van der Waals surface area contributed by atoms with Crippen LogP contribution in [0.5, 0.6) is 5.75 Å². The van der Waals surface area contributed by atoms with E-state index in [1.807, 2.05) is 31.2 Å². The van der Waals surface area contributed by atoms with Crippen molar-refractivity contribution in [2.45, 2.75) is 32.4 Å². The van der Waals surface area contributed by atoms with Gasteiger partial charge >= 0.3 is 5.97 Å². The maximum atomic E-state index is 13.6. The van der Waals surface area contributed by atoms with Crippen molar-refractivity contribution in [1.29, 1.82) is 0 Å². The number of para-hydroxylation sites is 1. The molecule has 186 valence electrons. The highest BCUT2D eigenvalue weighted by Gasteiger charge is 2.39. The Bertz CT molecular complexity index is 1260. The van der Waals surface area contributed by atoms with Gasteiger partial charge in [-0.15, -0.1) is 0 Å². The van der Waals surface area contributed by atoms with Crippen molar-refractivity contribution in [3.63, 3.8) is 0 Å². The van der Waals surface area contributed by atoms with Crippen molar-refractivity contribution in [2.24, 2.45) is 0 Å². The van der Waals surface area contributed by atoms with E-state index in [1.165, 1.54) is 6.92 Å². The maximum Gasteiger partial charge on any atom is 0.303 e. The van der Waals surface area contributed by atoms with Crippen LogP contribution in [0.15, 0.2) is 72.8 Å². The van der Waals surface area contributed by atoms with Crippen LogP contribution in [0.2, 0.25) is 5.02 Å². The zero-order valence-electron chi connectivity index (χ0n) is 20.3. The van der Waals surface area contributed by atoms with E-state index >= 15 is 0 Å². The summed E-state index contributed by atoms with van der Waals surface area (Å²) in [7, 11) is 1.58. The molecule has 0 bridgehead atoms. The van der Waals surface area contributed by atoms with Gasteiger partial charge in [0.15, 0.2) is 6.61 Å². The molecule has 7 nitrogen and oxygen atoms in total. The number of amides is 2. The second-order valence-electron chi connectivity index (χ2n) is 8.58. The Hall–Kier alpha value is -3.84. The number of fused-ring (bicyclic) bond motifs is 1. The van der Waals surface area contributed by atoms with Crippen molar-refractivity contribution in [3.05, 3.63) is 88.9 Å². The van der Waals surface area contributed by atoms with Gasteiger partial charge in [0.1, 0.15) is 5.75 Å². The normalized spacial score (nSPS) is 16.6. The first-order chi connectivity index (χ1) is 17.3. The molecule has 2 atom stereocenters. The lowest BCUT2D eigenvalue weighted by Crippen LogP contribution is -2.48. The van der Waals surface area contributed by atoms with Crippen LogP contribution in [-0.2, 0) is 14.3 Å². The van der Waals surface area contributed by atoms with E-state index in [0.29, 0.717) is 28.4 Å². The van der Waals surface area contributed by atoms with Crippen LogP contribution >= 0.6 is 11.6 Å². The van der Waals surface area contributed by atoms with Gasteiger partial charge in [0.25, 0.3) is 11.8 Å². The molecule has 0 aromatic heterocycles. The van der Waals surface area contributed by atoms with Gasteiger partial charge in [-0.3, -0.25) is 14.4 Å². The highest BCUT2D eigenvalue weighted by molar-refractivity contribution is 6.30. The van der Waals surface area contributed by atoms with Gasteiger partial charge in [-0.2, -0.15) is 0 Å². The molecule has 8 heteroatoms. The molecule has 0 spiro atoms. The van der Waals surface area contributed by atoms with Gasteiger partial charge < -0.3 is 19.3 Å². The SMILES string of the molecule is COc1ccc(C(=O)N2c3ccccc3C(N(C(=O)COC(C)=O)c3ccc(Cl)cc3)CC2C)cc1. The Labute approximate surface area is 215 Å². The predicted octanol–water partition coefficient (Wildman–Crippen LogP) is 5.43. The third-order valence-corrected chi connectivity index (χ3v) is 6.45. The van der Waals surface area contributed by atoms with E-state index in [0.717, 1.165) is 11.3 Å². The Morgan fingerprint density at radius 1 is 1.00 bits per heavy atom.